The van der Waals surface area contributed by atoms with Gasteiger partial charge in [-0.2, -0.15) is 0 Å². The van der Waals surface area contributed by atoms with E-state index in [1.54, 1.807) is 0 Å². The third-order valence-corrected chi connectivity index (χ3v) is 3.69. The highest BCUT2D eigenvalue weighted by Crippen LogP contribution is 2.17. The third kappa shape index (κ3) is 3.45. The molecular weight excluding hydrogens is 242 g/mol. The van der Waals surface area contributed by atoms with Crippen molar-refractivity contribution in [1.29, 1.82) is 0 Å². The smallest absolute Gasteiger partial charge is 0.170 e. The summed E-state index contributed by atoms with van der Waals surface area (Å²) in [4.78, 5) is 0. The minimum Gasteiger partial charge on any atom is -0.409 e. The molecule has 1 aromatic carbocycles. The van der Waals surface area contributed by atoms with Gasteiger partial charge < -0.3 is 21.0 Å². The summed E-state index contributed by atoms with van der Waals surface area (Å²) in [5, 5.41) is 15.3. The summed E-state index contributed by atoms with van der Waals surface area (Å²) in [6, 6.07) is 8.07. The van der Waals surface area contributed by atoms with E-state index in [-0.39, 0.29) is 5.84 Å². The first-order valence-corrected chi connectivity index (χ1v) is 6.59. The van der Waals surface area contributed by atoms with Crippen LogP contribution in [-0.4, -0.2) is 30.3 Å². The first-order valence-electron chi connectivity index (χ1n) is 6.59. The Morgan fingerprint density at radius 1 is 1.58 bits per heavy atom. The van der Waals surface area contributed by atoms with E-state index in [1.165, 1.54) is 0 Å². The van der Waals surface area contributed by atoms with E-state index in [1.807, 2.05) is 24.3 Å². The van der Waals surface area contributed by atoms with Crippen LogP contribution in [0.1, 0.15) is 24.5 Å². The number of amidine groups is 1. The molecule has 1 fully saturated rings. The fraction of sp³-hybridized carbons (Fsp3) is 0.500. The van der Waals surface area contributed by atoms with Crippen molar-refractivity contribution in [3.8, 4) is 0 Å². The summed E-state index contributed by atoms with van der Waals surface area (Å²) in [5.41, 5.74) is 7.48. The normalized spacial score (nSPS) is 21.5. The molecule has 5 nitrogen and oxygen atoms in total. The zero-order chi connectivity index (χ0) is 13.7. The minimum absolute atomic E-state index is 0.147. The molecule has 2 rings (SSSR count). The van der Waals surface area contributed by atoms with E-state index in [0.717, 1.165) is 30.8 Å². The van der Waals surface area contributed by atoms with Crippen molar-refractivity contribution in [2.45, 2.75) is 25.9 Å². The van der Waals surface area contributed by atoms with Gasteiger partial charge in [0.1, 0.15) is 0 Å². The average molecular weight is 263 g/mol. The second-order valence-corrected chi connectivity index (χ2v) is 4.94. The maximum absolute atomic E-state index is 8.79. The predicted octanol–water partition coefficient (Wildman–Crippen LogP) is 1.30. The Morgan fingerprint density at radius 2 is 2.37 bits per heavy atom. The standard InChI is InChI=1S/C14H21N3O2/c1-10(12-6-7-19-9-12)16-8-11-4-2-3-5-13(11)14(15)17-18/h2-5,10,12,16,18H,6-9H2,1H3,(H2,15,17). The monoisotopic (exact) mass is 263 g/mol. The second-order valence-electron chi connectivity index (χ2n) is 4.94. The van der Waals surface area contributed by atoms with Crippen LogP contribution in [-0.2, 0) is 11.3 Å². The molecule has 0 aromatic heterocycles. The fourth-order valence-electron chi connectivity index (χ4n) is 2.36. The predicted molar refractivity (Wildman–Crippen MR) is 74.2 cm³/mol. The summed E-state index contributed by atoms with van der Waals surface area (Å²) in [6.07, 6.45) is 1.11. The number of rotatable bonds is 5. The molecule has 0 amide bonds. The zero-order valence-electron chi connectivity index (χ0n) is 11.2. The molecule has 0 bridgehead atoms. The number of ether oxygens (including phenoxy) is 1. The van der Waals surface area contributed by atoms with Crippen molar-refractivity contribution in [1.82, 2.24) is 5.32 Å². The van der Waals surface area contributed by atoms with Crippen molar-refractivity contribution >= 4 is 5.84 Å². The lowest BCUT2D eigenvalue weighted by molar-refractivity contribution is 0.178. The third-order valence-electron chi connectivity index (χ3n) is 3.69. The molecule has 0 radical (unpaired) electrons. The van der Waals surface area contributed by atoms with Crippen molar-refractivity contribution in [3.63, 3.8) is 0 Å². The Kier molecular flexibility index (Phi) is 4.76. The molecule has 2 unspecified atom stereocenters. The number of nitrogens with two attached hydrogens (primary N) is 1. The Morgan fingerprint density at radius 3 is 3.05 bits per heavy atom. The van der Waals surface area contributed by atoms with Crippen LogP contribution in [0.4, 0.5) is 0 Å². The van der Waals surface area contributed by atoms with Crippen LogP contribution in [0.15, 0.2) is 29.4 Å². The number of hydrogen-bond acceptors (Lipinski definition) is 4. The molecule has 1 saturated heterocycles. The maximum Gasteiger partial charge on any atom is 0.170 e. The van der Waals surface area contributed by atoms with Crippen molar-refractivity contribution in [2.75, 3.05) is 13.2 Å². The van der Waals surface area contributed by atoms with Crippen LogP contribution in [0.25, 0.3) is 0 Å². The Labute approximate surface area is 113 Å². The van der Waals surface area contributed by atoms with Crippen LogP contribution >= 0.6 is 0 Å². The zero-order valence-corrected chi connectivity index (χ0v) is 11.2. The van der Waals surface area contributed by atoms with Gasteiger partial charge in [-0.3, -0.25) is 0 Å². The van der Waals surface area contributed by atoms with Crippen molar-refractivity contribution < 1.29 is 9.94 Å². The summed E-state index contributed by atoms with van der Waals surface area (Å²) in [7, 11) is 0. The van der Waals surface area contributed by atoms with Gasteiger partial charge in [-0.1, -0.05) is 29.4 Å². The highest BCUT2D eigenvalue weighted by Gasteiger charge is 2.21. The number of nitrogens with zero attached hydrogens (tertiary/aromatic N) is 1. The maximum atomic E-state index is 8.79. The van der Waals surface area contributed by atoms with Gasteiger partial charge in [-0.05, 0) is 24.8 Å². The average Bonchev–Trinajstić information content (AvgIpc) is 2.98. The highest BCUT2D eigenvalue weighted by molar-refractivity contribution is 5.98. The SMILES string of the molecule is CC(NCc1ccccc1/C(N)=N/O)C1CCOC1. The highest BCUT2D eigenvalue weighted by atomic mass is 16.5. The van der Waals surface area contributed by atoms with Crippen LogP contribution in [0.3, 0.4) is 0 Å². The largest absolute Gasteiger partial charge is 0.409 e. The lowest BCUT2D eigenvalue weighted by atomic mass is 10.00. The topological polar surface area (TPSA) is 79.9 Å². The Bertz CT molecular complexity index is 442. The van der Waals surface area contributed by atoms with Gasteiger partial charge in [0.25, 0.3) is 0 Å². The van der Waals surface area contributed by atoms with E-state index < -0.39 is 0 Å². The fourth-order valence-corrected chi connectivity index (χ4v) is 2.36. The Balaban J connectivity index is 1.99. The minimum atomic E-state index is 0.147. The van der Waals surface area contributed by atoms with Crippen molar-refractivity contribution in [2.24, 2.45) is 16.8 Å². The molecule has 1 aromatic rings. The van der Waals surface area contributed by atoms with Gasteiger partial charge >= 0.3 is 0 Å². The molecular formula is C14H21N3O2. The Hall–Kier alpha value is -1.59. The van der Waals surface area contributed by atoms with Crippen LogP contribution in [0.2, 0.25) is 0 Å². The van der Waals surface area contributed by atoms with Gasteiger partial charge in [-0.25, -0.2) is 0 Å². The molecule has 1 aliphatic rings. The van der Waals surface area contributed by atoms with Gasteiger partial charge in [-0.15, -0.1) is 0 Å². The van der Waals surface area contributed by atoms with E-state index >= 15 is 0 Å². The summed E-state index contributed by atoms with van der Waals surface area (Å²) >= 11 is 0. The summed E-state index contributed by atoms with van der Waals surface area (Å²) < 4.78 is 5.40. The van der Waals surface area contributed by atoms with E-state index in [9.17, 15) is 0 Å². The molecule has 19 heavy (non-hydrogen) atoms. The van der Waals surface area contributed by atoms with Crippen molar-refractivity contribution in [3.05, 3.63) is 35.4 Å². The van der Waals surface area contributed by atoms with Crippen LogP contribution in [0, 0.1) is 5.92 Å². The van der Waals surface area contributed by atoms with E-state index in [4.69, 9.17) is 15.7 Å². The first kappa shape index (κ1) is 13.8. The van der Waals surface area contributed by atoms with Crippen LogP contribution in [0.5, 0.6) is 0 Å². The molecule has 0 spiro atoms. The summed E-state index contributed by atoms with van der Waals surface area (Å²) in [5.74, 6) is 0.713. The molecule has 5 heteroatoms. The second kappa shape index (κ2) is 6.54. The number of benzene rings is 1. The number of oxime groups is 1. The molecule has 2 atom stereocenters. The lowest BCUT2D eigenvalue weighted by Gasteiger charge is -2.20. The van der Waals surface area contributed by atoms with Crippen LogP contribution < -0.4 is 11.1 Å². The van der Waals surface area contributed by atoms with E-state index in [2.05, 4.69) is 17.4 Å². The van der Waals surface area contributed by atoms with Gasteiger partial charge in [0.2, 0.25) is 0 Å². The molecule has 4 N–H and O–H groups in total. The first-order chi connectivity index (χ1) is 9.22. The van der Waals surface area contributed by atoms with Gasteiger partial charge in [0.05, 0.1) is 6.61 Å². The van der Waals surface area contributed by atoms with Gasteiger partial charge in [0, 0.05) is 24.8 Å². The molecule has 0 saturated carbocycles. The molecule has 1 aliphatic heterocycles. The van der Waals surface area contributed by atoms with Gasteiger partial charge in [0.15, 0.2) is 5.84 Å². The number of hydrogen-bond donors (Lipinski definition) is 3. The number of nitrogens with one attached hydrogen (secondary N) is 1. The van der Waals surface area contributed by atoms with E-state index in [0.29, 0.717) is 18.5 Å². The molecule has 0 aliphatic carbocycles. The lowest BCUT2D eigenvalue weighted by Crippen LogP contribution is -2.34. The quantitative estimate of drug-likeness (QED) is 0.324. The summed E-state index contributed by atoms with van der Waals surface area (Å²) in [6.45, 7) is 4.56. The molecule has 104 valence electrons. The molecule has 1 heterocycles.